The molecule has 0 saturated heterocycles. The minimum Gasteiger partial charge on any atom is -0.494 e. The molecule has 1 aliphatic heterocycles. The van der Waals surface area contributed by atoms with Gasteiger partial charge in [0.2, 0.25) is 6.79 Å². The number of nitrogens with one attached hydrogen (secondary N) is 2. The Balaban J connectivity index is 1.12. The van der Waals surface area contributed by atoms with Gasteiger partial charge >= 0.3 is 5.97 Å². The molecule has 2 aromatic heterocycles. The lowest BCUT2D eigenvalue weighted by Gasteiger charge is -2.10. The van der Waals surface area contributed by atoms with E-state index in [1.807, 2.05) is 49.5 Å². The lowest BCUT2D eigenvalue weighted by atomic mass is 10.1. The van der Waals surface area contributed by atoms with E-state index in [1.165, 1.54) is 0 Å². The quantitative estimate of drug-likeness (QED) is 0.297. The number of hydrogen-bond donors (Lipinski definition) is 3. The highest BCUT2D eigenvalue weighted by Gasteiger charge is 2.15. The summed E-state index contributed by atoms with van der Waals surface area (Å²) in [5.74, 6) is 1.96. The summed E-state index contributed by atoms with van der Waals surface area (Å²) in [5.41, 5.74) is 4.50. The fourth-order valence-corrected chi connectivity index (χ4v) is 3.98. The van der Waals surface area contributed by atoms with Crippen molar-refractivity contribution in [2.45, 2.75) is 26.3 Å². The number of carbonyl (C=O) groups is 1. The Bertz CT molecular complexity index is 1370. The van der Waals surface area contributed by atoms with E-state index in [2.05, 4.69) is 15.3 Å². The van der Waals surface area contributed by atoms with Crippen LogP contribution in [0.5, 0.6) is 17.2 Å². The van der Waals surface area contributed by atoms with Gasteiger partial charge in [-0.1, -0.05) is 0 Å². The van der Waals surface area contributed by atoms with Crippen molar-refractivity contribution in [2.75, 3.05) is 19.9 Å². The second-order valence-electron chi connectivity index (χ2n) is 8.36. The molecule has 0 spiro atoms. The number of carboxylic acids is 1. The third kappa shape index (κ3) is 5.20. The highest BCUT2D eigenvalue weighted by atomic mass is 16.7. The summed E-state index contributed by atoms with van der Waals surface area (Å²) in [6, 6.07) is 11.4. The Kier molecular flexibility index (Phi) is 6.49. The van der Waals surface area contributed by atoms with Crippen molar-refractivity contribution < 1.29 is 24.1 Å². The summed E-state index contributed by atoms with van der Waals surface area (Å²) in [6.07, 6.45) is 4.36. The zero-order valence-corrected chi connectivity index (χ0v) is 19.3. The van der Waals surface area contributed by atoms with E-state index in [-0.39, 0.29) is 13.2 Å². The van der Waals surface area contributed by atoms with Crippen LogP contribution in [0.15, 0.2) is 48.8 Å². The number of ether oxygens (including phenoxy) is 3. The normalized spacial score (nSPS) is 12.3. The highest BCUT2D eigenvalue weighted by molar-refractivity contribution is 5.88. The smallest absolute Gasteiger partial charge is 0.307 e. The fourth-order valence-electron chi connectivity index (χ4n) is 3.98. The number of carboxylic acid groups (broad SMARTS) is 1. The first-order chi connectivity index (χ1) is 17.1. The predicted molar refractivity (Wildman–Crippen MR) is 130 cm³/mol. The maximum absolute atomic E-state index is 11.1. The zero-order valence-electron chi connectivity index (χ0n) is 19.3. The zero-order chi connectivity index (χ0) is 24.2. The third-order valence-corrected chi connectivity index (χ3v) is 5.85. The largest absolute Gasteiger partial charge is 0.494 e. The van der Waals surface area contributed by atoms with Gasteiger partial charge in [0, 0.05) is 35.4 Å². The molecule has 0 amide bonds. The molecule has 0 atom stereocenters. The molecule has 35 heavy (non-hydrogen) atoms. The number of nitrogens with zero attached hydrogens (tertiary/aromatic N) is 2. The van der Waals surface area contributed by atoms with Crippen LogP contribution < -0.4 is 19.5 Å². The van der Waals surface area contributed by atoms with E-state index in [9.17, 15) is 4.79 Å². The average molecular weight is 475 g/mol. The summed E-state index contributed by atoms with van der Waals surface area (Å²) in [6.45, 7) is 4.17. The van der Waals surface area contributed by atoms with Gasteiger partial charge in [-0.15, -0.1) is 0 Å². The van der Waals surface area contributed by atoms with Gasteiger partial charge in [-0.05, 0) is 67.4 Å². The molecule has 3 heterocycles. The van der Waals surface area contributed by atoms with E-state index in [0.717, 1.165) is 57.8 Å². The van der Waals surface area contributed by atoms with Crippen LogP contribution in [0, 0.1) is 6.92 Å². The lowest BCUT2D eigenvalue weighted by Crippen LogP contribution is -2.18. The summed E-state index contributed by atoms with van der Waals surface area (Å²) >= 11 is 0. The maximum atomic E-state index is 11.1. The number of aliphatic carboxylic acids is 1. The van der Waals surface area contributed by atoms with Crippen LogP contribution in [0.4, 0.5) is 0 Å². The minimum atomic E-state index is -0.856. The van der Waals surface area contributed by atoms with Gasteiger partial charge in [0.25, 0.3) is 0 Å². The summed E-state index contributed by atoms with van der Waals surface area (Å²) < 4.78 is 16.7. The van der Waals surface area contributed by atoms with Gasteiger partial charge in [0.05, 0.1) is 18.7 Å². The van der Waals surface area contributed by atoms with Crippen molar-refractivity contribution in [3.05, 3.63) is 65.6 Å². The number of fused-ring (bicyclic) bond motifs is 2. The first-order valence-corrected chi connectivity index (χ1v) is 11.4. The number of aryl methyl sites for hydroxylation is 1. The van der Waals surface area contributed by atoms with E-state index in [4.69, 9.17) is 24.3 Å². The molecule has 4 aromatic rings. The number of aromatic nitrogens is 3. The van der Waals surface area contributed by atoms with Crippen molar-refractivity contribution in [1.29, 1.82) is 0 Å². The standard InChI is InChI=1S/C26H26N4O5/c1-16-12-29-26(17-3-6-23-24(9-17)35-15-34-23)30-22(16)14-27-7-2-8-33-19-4-5-21-20(11-19)18(13-28-21)10-25(31)32/h3-6,9,11-13,27-28H,2,7-8,10,14-15H2,1H3,(H,31,32). The van der Waals surface area contributed by atoms with Gasteiger partial charge < -0.3 is 29.6 Å². The Morgan fingerprint density at radius 2 is 2.09 bits per heavy atom. The molecule has 5 rings (SSSR count). The number of H-pyrrole nitrogens is 1. The first kappa shape index (κ1) is 22.7. The molecule has 180 valence electrons. The van der Waals surface area contributed by atoms with E-state index in [1.54, 1.807) is 6.20 Å². The highest BCUT2D eigenvalue weighted by Crippen LogP contribution is 2.35. The minimum absolute atomic E-state index is 0.0216. The average Bonchev–Trinajstić information content (AvgIpc) is 3.48. The second kappa shape index (κ2) is 10.0. The molecule has 9 nitrogen and oxygen atoms in total. The molecule has 0 fully saturated rings. The van der Waals surface area contributed by atoms with E-state index < -0.39 is 5.97 Å². The number of hydrogen-bond acceptors (Lipinski definition) is 7. The summed E-state index contributed by atoms with van der Waals surface area (Å²) in [7, 11) is 0. The van der Waals surface area contributed by atoms with Crippen molar-refractivity contribution in [2.24, 2.45) is 0 Å². The molecule has 0 radical (unpaired) electrons. The van der Waals surface area contributed by atoms with Gasteiger partial charge in [0.15, 0.2) is 17.3 Å². The molecule has 0 aliphatic carbocycles. The summed E-state index contributed by atoms with van der Waals surface area (Å²) in [4.78, 5) is 23.4. The van der Waals surface area contributed by atoms with Crippen molar-refractivity contribution in [3.63, 3.8) is 0 Å². The van der Waals surface area contributed by atoms with Gasteiger partial charge in [-0.2, -0.15) is 0 Å². The molecule has 2 aromatic carbocycles. The van der Waals surface area contributed by atoms with Crippen LogP contribution in [0.2, 0.25) is 0 Å². The van der Waals surface area contributed by atoms with Gasteiger partial charge in [-0.3, -0.25) is 4.79 Å². The van der Waals surface area contributed by atoms with E-state index >= 15 is 0 Å². The Labute approximate surface area is 202 Å². The van der Waals surface area contributed by atoms with Crippen LogP contribution in [0.3, 0.4) is 0 Å². The Morgan fingerprint density at radius 1 is 1.20 bits per heavy atom. The molecule has 1 aliphatic rings. The van der Waals surface area contributed by atoms with Crippen LogP contribution in [0.1, 0.15) is 23.2 Å². The monoisotopic (exact) mass is 474 g/mol. The second-order valence-corrected chi connectivity index (χ2v) is 8.36. The molecule has 9 heteroatoms. The Hall–Kier alpha value is -4.11. The third-order valence-electron chi connectivity index (χ3n) is 5.85. The van der Waals surface area contributed by atoms with Crippen molar-refractivity contribution >= 4 is 16.9 Å². The molecule has 0 saturated carbocycles. The van der Waals surface area contributed by atoms with Crippen LogP contribution >= 0.6 is 0 Å². The molecule has 0 unspecified atom stereocenters. The van der Waals surface area contributed by atoms with Crippen LogP contribution in [-0.2, 0) is 17.8 Å². The van der Waals surface area contributed by atoms with Crippen LogP contribution in [0.25, 0.3) is 22.3 Å². The molecule has 3 N–H and O–H groups in total. The fraction of sp³-hybridized carbons (Fsp3) is 0.269. The van der Waals surface area contributed by atoms with Crippen molar-refractivity contribution in [1.82, 2.24) is 20.3 Å². The number of aromatic amines is 1. The molecular weight excluding hydrogens is 448 g/mol. The number of rotatable bonds is 10. The van der Waals surface area contributed by atoms with Gasteiger partial charge in [-0.25, -0.2) is 9.97 Å². The van der Waals surface area contributed by atoms with Crippen LogP contribution in [-0.4, -0.2) is 46.0 Å². The van der Waals surface area contributed by atoms with E-state index in [0.29, 0.717) is 24.7 Å². The van der Waals surface area contributed by atoms with Crippen molar-refractivity contribution in [3.8, 4) is 28.6 Å². The molecule has 0 bridgehead atoms. The SMILES string of the molecule is Cc1cnc(-c2ccc3c(c2)OCO3)nc1CNCCCOc1ccc2[nH]cc(CC(=O)O)c2c1. The van der Waals surface area contributed by atoms with Gasteiger partial charge in [0.1, 0.15) is 5.75 Å². The maximum Gasteiger partial charge on any atom is 0.307 e. The lowest BCUT2D eigenvalue weighted by molar-refractivity contribution is -0.136. The first-order valence-electron chi connectivity index (χ1n) is 11.4. The summed E-state index contributed by atoms with van der Waals surface area (Å²) in [5, 5.41) is 13.4. The Morgan fingerprint density at radius 3 is 2.97 bits per heavy atom. The number of benzene rings is 2. The topological polar surface area (TPSA) is 119 Å². The molecular formula is C26H26N4O5. The predicted octanol–water partition coefficient (Wildman–Crippen LogP) is 3.85.